The minimum Gasteiger partial charge on any atom is -0.203 e. The fourth-order valence-corrected chi connectivity index (χ4v) is 2.01. The number of rotatable bonds is 3. The van der Waals surface area contributed by atoms with Crippen LogP contribution in [-0.4, -0.2) is 0 Å². The van der Waals surface area contributed by atoms with Crippen molar-refractivity contribution in [1.82, 2.24) is 0 Å². The fraction of sp³-hybridized carbons (Fsp3) is 0.250. The molecule has 0 aromatic heterocycles. The Balaban J connectivity index is 2.40. The molecule has 94 valence electrons. The normalized spacial score (nSPS) is 10.7. The van der Waals surface area contributed by atoms with E-state index < -0.39 is 11.6 Å². The molecule has 2 rings (SSSR count). The van der Waals surface area contributed by atoms with Crippen LogP contribution in [0.15, 0.2) is 36.4 Å². The Bertz CT molecular complexity index is 542. The van der Waals surface area contributed by atoms with Gasteiger partial charge in [-0.15, -0.1) is 0 Å². The van der Waals surface area contributed by atoms with Gasteiger partial charge < -0.3 is 0 Å². The van der Waals surface area contributed by atoms with E-state index in [1.807, 2.05) is 24.3 Å². The molecule has 0 aliphatic carbocycles. The SMILES string of the molecule is CCCc1ccc(-c2ccc(C)c(F)c2F)cc1. The maximum absolute atomic E-state index is 13.8. The molecule has 2 heteroatoms. The van der Waals surface area contributed by atoms with Crippen molar-refractivity contribution in [2.24, 2.45) is 0 Å². The van der Waals surface area contributed by atoms with Crippen molar-refractivity contribution in [2.45, 2.75) is 26.7 Å². The zero-order chi connectivity index (χ0) is 13.1. The van der Waals surface area contributed by atoms with Gasteiger partial charge in [-0.05, 0) is 30.0 Å². The predicted molar refractivity (Wildman–Crippen MR) is 70.5 cm³/mol. The first-order chi connectivity index (χ1) is 8.63. The average Bonchev–Trinajstić information content (AvgIpc) is 2.38. The van der Waals surface area contributed by atoms with Crippen LogP contribution in [0.3, 0.4) is 0 Å². The van der Waals surface area contributed by atoms with Crippen LogP contribution in [0.25, 0.3) is 11.1 Å². The third kappa shape index (κ3) is 2.42. The van der Waals surface area contributed by atoms with Crippen LogP contribution >= 0.6 is 0 Å². The summed E-state index contributed by atoms with van der Waals surface area (Å²) in [6, 6.07) is 10.9. The standard InChI is InChI=1S/C16H16F2/c1-3-4-12-6-8-13(9-7-12)14-10-5-11(2)15(17)16(14)18/h5-10H,3-4H2,1-2H3. The summed E-state index contributed by atoms with van der Waals surface area (Å²) in [6.45, 7) is 3.68. The maximum Gasteiger partial charge on any atom is 0.166 e. The summed E-state index contributed by atoms with van der Waals surface area (Å²) in [5.41, 5.74) is 2.58. The third-order valence-electron chi connectivity index (χ3n) is 3.08. The van der Waals surface area contributed by atoms with Gasteiger partial charge in [0.05, 0.1) is 0 Å². The Morgan fingerprint density at radius 1 is 0.889 bits per heavy atom. The van der Waals surface area contributed by atoms with Gasteiger partial charge in [0.25, 0.3) is 0 Å². The monoisotopic (exact) mass is 246 g/mol. The molecule has 0 nitrogen and oxygen atoms in total. The van der Waals surface area contributed by atoms with Gasteiger partial charge in [-0.2, -0.15) is 0 Å². The summed E-state index contributed by atoms with van der Waals surface area (Å²) < 4.78 is 27.3. The van der Waals surface area contributed by atoms with Crippen LogP contribution in [0.5, 0.6) is 0 Å². The van der Waals surface area contributed by atoms with Gasteiger partial charge in [-0.1, -0.05) is 49.7 Å². The van der Waals surface area contributed by atoms with Crippen molar-refractivity contribution in [3.63, 3.8) is 0 Å². The molecule has 0 amide bonds. The Hall–Kier alpha value is -1.70. The summed E-state index contributed by atoms with van der Waals surface area (Å²) >= 11 is 0. The van der Waals surface area contributed by atoms with Gasteiger partial charge in [0.2, 0.25) is 0 Å². The summed E-state index contributed by atoms with van der Waals surface area (Å²) in [7, 11) is 0. The van der Waals surface area contributed by atoms with Crippen molar-refractivity contribution in [1.29, 1.82) is 0 Å². The molecule has 0 bridgehead atoms. The predicted octanol–water partition coefficient (Wildman–Crippen LogP) is 4.89. The quantitative estimate of drug-likeness (QED) is 0.723. The van der Waals surface area contributed by atoms with E-state index in [0.29, 0.717) is 16.7 Å². The minimum atomic E-state index is -0.766. The zero-order valence-corrected chi connectivity index (χ0v) is 10.6. The molecule has 0 saturated heterocycles. The van der Waals surface area contributed by atoms with Crippen molar-refractivity contribution in [3.05, 3.63) is 59.2 Å². The van der Waals surface area contributed by atoms with Crippen molar-refractivity contribution >= 4 is 0 Å². The van der Waals surface area contributed by atoms with Crippen LogP contribution < -0.4 is 0 Å². The molecule has 0 spiro atoms. The molecule has 0 saturated carbocycles. The number of hydrogen-bond acceptors (Lipinski definition) is 0. The Kier molecular flexibility index (Phi) is 3.75. The summed E-state index contributed by atoms with van der Waals surface area (Å²) in [5.74, 6) is -1.52. The molecule has 0 aliphatic rings. The molecule has 2 aromatic rings. The van der Waals surface area contributed by atoms with Gasteiger partial charge in [-0.3, -0.25) is 0 Å². The Labute approximate surface area is 106 Å². The molecule has 0 fully saturated rings. The van der Waals surface area contributed by atoms with Crippen molar-refractivity contribution < 1.29 is 8.78 Å². The van der Waals surface area contributed by atoms with Crippen LogP contribution in [0, 0.1) is 18.6 Å². The van der Waals surface area contributed by atoms with E-state index in [1.54, 1.807) is 19.1 Å². The topological polar surface area (TPSA) is 0 Å². The molecule has 0 unspecified atom stereocenters. The molecular formula is C16H16F2. The molecule has 0 N–H and O–H groups in total. The summed E-state index contributed by atoms with van der Waals surface area (Å²) in [5, 5.41) is 0. The van der Waals surface area contributed by atoms with Crippen molar-refractivity contribution in [2.75, 3.05) is 0 Å². The van der Waals surface area contributed by atoms with Crippen LogP contribution in [0.2, 0.25) is 0 Å². The second-order valence-corrected chi connectivity index (χ2v) is 4.50. The molecule has 0 heterocycles. The smallest absolute Gasteiger partial charge is 0.166 e. The number of hydrogen-bond donors (Lipinski definition) is 0. The number of halogens is 2. The van der Waals surface area contributed by atoms with E-state index in [4.69, 9.17) is 0 Å². The van der Waals surface area contributed by atoms with Crippen LogP contribution in [0.1, 0.15) is 24.5 Å². The summed E-state index contributed by atoms with van der Waals surface area (Å²) in [4.78, 5) is 0. The van der Waals surface area contributed by atoms with E-state index in [2.05, 4.69) is 6.92 Å². The van der Waals surface area contributed by atoms with Gasteiger partial charge >= 0.3 is 0 Å². The van der Waals surface area contributed by atoms with Gasteiger partial charge in [0.1, 0.15) is 0 Å². The van der Waals surface area contributed by atoms with E-state index in [0.717, 1.165) is 12.8 Å². The first-order valence-electron chi connectivity index (χ1n) is 6.17. The Morgan fingerprint density at radius 3 is 2.17 bits per heavy atom. The Morgan fingerprint density at radius 2 is 1.56 bits per heavy atom. The van der Waals surface area contributed by atoms with Gasteiger partial charge in [-0.25, -0.2) is 8.78 Å². The summed E-state index contributed by atoms with van der Waals surface area (Å²) in [6.07, 6.45) is 2.08. The zero-order valence-electron chi connectivity index (χ0n) is 10.6. The number of benzene rings is 2. The highest BCUT2D eigenvalue weighted by Crippen LogP contribution is 2.26. The largest absolute Gasteiger partial charge is 0.203 e. The fourth-order valence-electron chi connectivity index (χ4n) is 2.01. The van der Waals surface area contributed by atoms with E-state index in [-0.39, 0.29) is 0 Å². The van der Waals surface area contributed by atoms with E-state index in [1.165, 1.54) is 5.56 Å². The molecule has 0 radical (unpaired) electrons. The lowest BCUT2D eigenvalue weighted by Gasteiger charge is -2.07. The molecule has 0 atom stereocenters. The lowest BCUT2D eigenvalue weighted by molar-refractivity contribution is 0.505. The third-order valence-corrected chi connectivity index (χ3v) is 3.08. The van der Waals surface area contributed by atoms with Crippen LogP contribution in [-0.2, 0) is 6.42 Å². The first-order valence-corrected chi connectivity index (χ1v) is 6.17. The lowest BCUT2D eigenvalue weighted by atomic mass is 10.0. The molecule has 0 aliphatic heterocycles. The minimum absolute atomic E-state index is 0.321. The average molecular weight is 246 g/mol. The van der Waals surface area contributed by atoms with E-state index >= 15 is 0 Å². The van der Waals surface area contributed by atoms with E-state index in [9.17, 15) is 8.78 Å². The molecule has 18 heavy (non-hydrogen) atoms. The number of aryl methyl sites for hydroxylation is 2. The highest BCUT2D eigenvalue weighted by atomic mass is 19.2. The first kappa shape index (κ1) is 12.7. The highest BCUT2D eigenvalue weighted by molar-refractivity contribution is 5.65. The van der Waals surface area contributed by atoms with Gasteiger partial charge in [0, 0.05) is 5.56 Å². The second-order valence-electron chi connectivity index (χ2n) is 4.50. The molecule has 2 aromatic carbocycles. The molecular weight excluding hydrogens is 230 g/mol. The van der Waals surface area contributed by atoms with Crippen molar-refractivity contribution in [3.8, 4) is 11.1 Å². The maximum atomic E-state index is 13.8. The highest BCUT2D eigenvalue weighted by Gasteiger charge is 2.12. The lowest BCUT2D eigenvalue weighted by Crippen LogP contribution is -1.93. The second kappa shape index (κ2) is 5.30. The van der Waals surface area contributed by atoms with Gasteiger partial charge in [0.15, 0.2) is 11.6 Å². The van der Waals surface area contributed by atoms with Crippen LogP contribution in [0.4, 0.5) is 8.78 Å².